The molecule has 0 radical (unpaired) electrons. The zero-order valence-electron chi connectivity index (χ0n) is 13.7. The minimum atomic E-state index is -0.101. The van der Waals surface area contributed by atoms with Crippen molar-refractivity contribution in [3.63, 3.8) is 0 Å². The molecule has 3 fully saturated rings. The summed E-state index contributed by atoms with van der Waals surface area (Å²) in [6, 6.07) is 0.436. The van der Waals surface area contributed by atoms with Crippen molar-refractivity contribution in [1.29, 1.82) is 0 Å². The number of carbonyl (C=O) groups is 2. The minimum absolute atomic E-state index is 0.101. The number of fused-ring (bicyclic) bond motifs is 1. The summed E-state index contributed by atoms with van der Waals surface area (Å²) < 4.78 is 0. The van der Waals surface area contributed by atoms with Crippen molar-refractivity contribution in [3.8, 4) is 0 Å². The van der Waals surface area contributed by atoms with Crippen LogP contribution in [0.1, 0.15) is 25.0 Å². The van der Waals surface area contributed by atoms with Crippen LogP contribution in [0.4, 0.5) is 9.93 Å². The maximum Gasteiger partial charge on any atom is 0.323 e. The number of piperazine rings is 1. The molecule has 0 aliphatic carbocycles. The summed E-state index contributed by atoms with van der Waals surface area (Å²) in [4.78, 5) is 35.0. The summed E-state index contributed by atoms with van der Waals surface area (Å²) in [5, 5.41) is 5.35. The Morgan fingerprint density at radius 3 is 3.04 bits per heavy atom. The van der Waals surface area contributed by atoms with Crippen molar-refractivity contribution in [3.05, 3.63) is 11.1 Å². The van der Waals surface area contributed by atoms with E-state index in [4.69, 9.17) is 0 Å². The molecule has 24 heavy (non-hydrogen) atoms. The molecule has 3 aliphatic rings. The van der Waals surface area contributed by atoms with E-state index in [9.17, 15) is 9.59 Å². The van der Waals surface area contributed by atoms with Gasteiger partial charge in [-0.2, -0.15) is 0 Å². The van der Waals surface area contributed by atoms with Gasteiger partial charge >= 0.3 is 6.03 Å². The molecule has 1 aromatic heterocycles. The molecule has 1 unspecified atom stereocenters. The highest BCUT2D eigenvalue weighted by Crippen LogP contribution is 2.24. The molecule has 4 rings (SSSR count). The van der Waals surface area contributed by atoms with E-state index in [1.54, 1.807) is 4.90 Å². The lowest BCUT2D eigenvalue weighted by molar-refractivity contribution is -0.134. The molecule has 130 valence electrons. The summed E-state index contributed by atoms with van der Waals surface area (Å²) >= 11 is 1.43. The van der Waals surface area contributed by atoms with Gasteiger partial charge in [0.25, 0.3) is 0 Å². The number of piperidine rings is 1. The van der Waals surface area contributed by atoms with Gasteiger partial charge in [-0.25, -0.2) is 9.78 Å². The molecule has 7 nitrogen and oxygen atoms in total. The lowest BCUT2D eigenvalue weighted by Crippen LogP contribution is -2.56. The number of hydrogen-bond donors (Lipinski definition) is 1. The summed E-state index contributed by atoms with van der Waals surface area (Å²) in [6.07, 6.45) is 4.10. The van der Waals surface area contributed by atoms with Gasteiger partial charge in [-0.1, -0.05) is 6.42 Å². The van der Waals surface area contributed by atoms with Gasteiger partial charge in [0.1, 0.15) is 0 Å². The number of amides is 3. The van der Waals surface area contributed by atoms with Gasteiger partial charge in [-0.05, 0) is 19.4 Å². The van der Waals surface area contributed by atoms with Crippen molar-refractivity contribution >= 4 is 28.4 Å². The third-order valence-corrected chi connectivity index (χ3v) is 6.06. The fraction of sp³-hybridized carbons (Fsp3) is 0.688. The Labute approximate surface area is 145 Å². The molecule has 3 amide bonds. The first-order valence-corrected chi connectivity index (χ1v) is 9.60. The van der Waals surface area contributed by atoms with Crippen LogP contribution in [0.2, 0.25) is 0 Å². The van der Waals surface area contributed by atoms with Crippen LogP contribution in [0.3, 0.4) is 0 Å². The van der Waals surface area contributed by atoms with Gasteiger partial charge in [0.15, 0.2) is 5.13 Å². The van der Waals surface area contributed by atoms with Crippen LogP contribution < -0.4 is 10.2 Å². The van der Waals surface area contributed by atoms with Crippen LogP contribution in [0.5, 0.6) is 0 Å². The Kier molecular flexibility index (Phi) is 4.41. The van der Waals surface area contributed by atoms with Crippen LogP contribution in [0.15, 0.2) is 5.38 Å². The minimum Gasteiger partial charge on any atom is -0.340 e. The number of urea groups is 1. The fourth-order valence-corrected chi connectivity index (χ4v) is 4.65. The molecule has 1 aromatic rings. The normalized spacial score (nSPS) is 24.8. The van der Waals surface area contributed by atoms with Crippen molar-refractivity contribution in [1.82, 2.24) is 20.1 Å². The molecule has 3 aliphatic heterocycles. The van der Waals surface area contributed by atoms with Gasteiger partial charge in [-0.15, -0.1) is 11.3 Å². The Morgan fingerprint density at radius 2 is 2.21 bits per heavy atom. The molecule has 8 heteroatoms. The SMILES string of the molecule is O=C(Cc1csc(N2CCNC2=O)n1)N1CCN2CCCCC2C1. The first-order valence-electron chi connectivity index (χ1n) is 8.72. The van der Waals surface area contributed by atoms with Crippen molar-refractivity contribution in [2.45, 2.75) is 31.7 Å². The number of nitrogens with one attached hydrogen (secondary N) is 1. The van der Waals surface area contributed by atoms with Crippen LogP contribution >= 0.6 is 11.3 Å². The highest BCUT2D eigenvalue weighted by atomic mass is 32.1. The fourth-order valence-electron chi connectivity index (χ4n) is 3.80. The molecule has 0 bridgehead atoms. The van der Waals surface area contributed by atoms with Gasteiger partial charge in [-0.3, -0.25) is 14.6 Å². The number of hydrogen-bond acceptors (Lipinski definition) is 5. The number of thiazole rings is 1. The molecule has 0 saturated carbocycles. The zero-order chi connectivity index (χ0) is 16.5. The zero-order valence-corrected chi connectivity index (χ0v) is 14.6. The third kappa shape index (κ3) is 3.12. The van der Waals surface area contributed by atoms with Gasteiger partial charge in [0, 0.05) is 44.1 Å². The van der Waals surface area contributed by atoms with Crippen LogP contribution in [-0.2, 0) is 11.2 Å². The van der Waals surface area contributed by atoms with E-state index in [-0.39, 0.29) is 11.9 Å². The van der Waals surface area contributed by atoms with E-state index in [0.29, 0.717) is 30.7 Å². The van der Waals surface area contributed by atoms with E-state index in [1.807, 2.05) is 10.3 Å². The predicted octanol–water partition coefficient (Wildman–Crippen LogP) is 0.912. The Morgan fingerprint density at radius 1 is 1.29 bits per heavy atom. The van der Waals surface area contributed by atoms with E-state index < -0.39 is 0 Å². The molecular weight excluding hydrogens is 326 g/mol. The molecule has 3 saturated heterocycles. The summed E-state index contributed by atoms with van der Waals surface area (Å²) in [6.45, 7) is 5.14. The average Bonchev–Trinajstić information content (AvgIpc) is 3.23. The second-order valence-corrected chi connectivity index (χ2v) is 7.54. The van der Waals surface area contributed by atoms with E-state index >= 15 is 0 Å². The van der Waals surface area contributed by atoms with Crippen LogP contribution in [0, 0.1) is 0 Å². The van der Waals surface area contributed by atoms with E-state index in [0.717, 1.165) is 25.3 Å². The highest BCUT2D eigenvalue weighted by Gasteiger charge is 2.31. The number of anilines is 1. The number of aromatic nitrogens is 1. The molecule has 1 atom stereocenters. The monoisotopic (exact) mass is 349 g/mol. The van der Waals surface area contributed by atoms with Gasteiger partial charge in [0.05, 0.1) is 12.1 Å². The first-order chi connectivity index (χ1) is 11.7. The average molecular weight is 349 g/mol. The van der Waals surface area contributed by atoms with Crippen LogP contribution in [-0.4, -0.2) is 72.0 Å². The van der Waals surface area contributed by atoms with Crippen molar-refractivity contribution in [2.75, 3.05) is 44.2 Å². The van der Waals surface area contributed by atoms with Crippen molar-refractivity contribution in [2.24, 2.45) is 0 Å². The quantitative estimate of drug-likeness (QED) is 0.881. The predicted molar refractivity (Wildman–Crippen MR) is 92.4 cm³/mol. The molecule has 0 spiro atoms. The highest BCUT2D eigenvalue weighted by molar-refractivity contribution is 7.14. The van der Waals surface area contributed by atoms with Gasteiger partial charge < -0.3 is 10.2 Å². The Hall–Kier alpha value is -1.67. The number of rotatable bonds is 3. The van der Waals surface area contributed by atoms with Gasteiger partial charge in [0.2, 0.25) is 5.91 Å². The van der Waals surface area contributed by atoms with E-state index in [2.05, 4.69) is 15.2 Å². The molecule has 0 aromatic carbocycles. The second-order valence-electron chi connectivity index (χ2n) is 6.71. The molecule has 1 N–H and O–H groups in total. The molecule has 4 heterocycles. The smallest absolute Gasteiger partial charge is 0.323 e. The summed E-state index contributed by atoms with van der Waals surface area (Å²) in [7, 11) is 0. The van der Waals surface area contributed by atoms with Crippen molar-refractivity contribution < 1.29 is 9.59 Å². The first kappa shape index (κ1) is 15.8. The second kappa shape index (κ2) is 6.68. The number of nitrogens with zero attached hydrogens (tertiary/aromatic N) is 4. The Bertz CT molecular complexity index is 634. The van der Waals surface area contributed by atoms with E-state index in [1.165, 1.54) is 37.1 Å². The maximum atomic E-state index is 12.6. The lowest BCUT2D eigenvalue weighted by Gasteiger charge is -2.44. The van der Waals surface area contributed by atoms with Crippen LogP contribution in [0.25, 0.3) is 0 Å². The topological polar surface area (TPSA) is 68.8 Å². The summed E-state index contributed by atoms with van der Waals surface area (Å²) in [5.41, 5.74) is 0.769. The summed E-state index contributed by atoms with van der Waals surface area (Å²) in [5.74, 6) is 0.156. The standard InChI is InChI=1S/C16H23N5O2S/c22-14(20-8-7-19-5-2-1-3-13(19)10-20)9-12-11-24-16(18-12)21-6-4-17-15(21)23/h11,13H,1-10H2,(H,17,23). The maximum absolute atomic E-state index is 12.6. The Balaban J connectivity index is 1.36. The lowest BCUT2D eigenvalue weighted by atomic mass is 9.99. The molecular formula is C16H23N5O2S. The largest absolute Gasteiger partial charge is 0.340 e. The third-order valence-electron chi connectivity index (χ3n) is 5.15. The number of carbonyl (C=O) groups excluding carboxylic acids is 2.